The molecule has 0 saturated carbocycles. The number of ether oxygens (including phenoxy) is 2. The van der Waals surface area contributed by atoms with Crippen LogP contribution >= 0.6 is 0 Å². The maximum absolute atomic E-state index is 13.3. The van der Waals surface area contributed by atoms with Gasteiger partial charge in [0.1, 0.15) is 12.6 Å². The summed E-state index contributed by atoms with van der Waals surface area (Å²) in [5, 5.41) is 18.9. The van der Waals surface area contributed by atoms with E-state index < -0.39 is 29.7 Å². The summed E-state index contributed by atoms with van der Waals surface area (Å²) >= 11 is 0. The molecule has 5 heterocycles. The molecule has 0 bridgehead atoms. The third kappa shape index (κ3) is 7.94. The monoisotopic (exact) mass is 772 g/mol. The van der Waals surface area contributed by atoms with Gasteiger partial charge < -0.3 is 25.2 Å². The van der Waals surface area contributed by atoms with E-state index in [9.17, 15) is 29.1 Å². The van der Waals surface area contributed by atoms with Gasteiger partial charge >= 0.3 is 0 Å². The fraction of sp³-hybridized carbons (Fsp3) is 0.349. The molecule has 4 aromatic rings. The Morgan fingerprint density at radius 2 is 1.70 bits per heavy atom. The van der Waals surface area contributed by atoms with Gasteiger partial charge in [-0.15, -0.1) is 0 Å². The number of carbonyl (C=O) groups is 5. The van der Waals surface area contributed by atoms with Crippen molar-refractivity contribution >= 4 is 40.9 Å². The van der Waals surface area contributed by atoms with Gasteiger partial charge in [-0.3, -0.25) is 44.1 Å². The van der Waals surface area contributed by atoms with Crippen LogP contribution in [-0.4, -0.2) is 101 Å². The molecule has 1 aromatic heterocycles. The topological polar surface area (TPSA) is 179 Å². The fourth-order valence-electron chi connectivity index (χ4n) is 8.57. The Bertz CT molecular complexity index is 2200. The molecule has 294 valence electrons. The number of hydrogen-bond donors (Lipinski definition) is 4. The van der Waals surface area contributed by atoms with Crippen molar-refractivity contribution in [2.45, 2.75) is 50.4 Å². The summed E-state index contributed by atoms with van der Waals surface area (Å²) in [6.45, 7) is 2.26. The van der Waals surface area contributed by atoms with Crippen molar-refractivity contribution < 1.29 is 38.6 Å². The maximum Gasteiger partial charge on any atom is 0.262 e. The molecule has 4 aliphatic heterocycles. The summed E-state index contributed by atoms with van der Waals surface area (Å²) in [6, 6.07) is 22.3. The molecular formula is C43H44N6O8. The number of fused-ring (bicyclic) bond motifs is 4. The average Bonchev–Trinajstić information content (AvgIpc) is 3.75. The van der Waals surface area contributed by atoms with E-state index in [1.54, 1.807) is 18.2 Å². The van der Waals surface area contributed by atoms with Crippen LogP contribution in [0.25, 0.3) is 11.1 Å². The first-order valence-corrected chi connectivity index (χ1v) is 19.3. The van der Waals surface area contributed by atoms with Crippen LogP contribution in [0.1, 0.15) is 62.7 Å². The summed E-state index contributed by atoms with van der Waals surface area (Å²) in [5.74, 6) is -2.21. The lowest BCUT2D eigenvalue weighted by atomic mass is 9.82. The first-order valence-electron chi connectivity index (χ1n) is 19.3. The number of rotatable bonds is 14. The van der Waals surface area contributed by atoms with Crippen molar-refractivity contribution in [2.24, 2.45) is 5.92 Å². The summed E-state index contributed by atoms with van der Waals surface area (Å²) in [5.41, 5.74) is 7.16. The number of carbonyl (C=O) groups excluding carboxylic acids is 5. The largest absolute Gasteiger partial charge is 0.394 e. The zero-order chi connectivity index (χ0) is 39.5. The quantitative estimate of drug-likeness (QED) is 0.109. The second-order valence-corrected chi connectivity index (χ2v) is 14.8. The Morgan fingerprint density at radius 3 is 2.53 bits per heavy atom. The van der Waals surface area contributed by atoms with Crippen LogP contribution in [-0.2, 0) is 36.8 Å². The van der Waals surface area contributed by atoms with Gasteiger partial charge in [-0.1, -0.05) is 30.3 Å². The van der Waals surface area contributed by atoms with Gasteiger partial charge in [0, 0.05) is 48.7 Å². The van der Waals surface area contributed by atoms with Crippen LogP contribution < -0.4 is 16.0 Å². The number of nitrogens with zero attached hydrogens (tertiary/aromatic N) is 3. The Labute approximate surface area is 329 Å². The van der Waals surface area contributed by atoms with Gasteiger partial charge in [-0.05, 0) is 96.1 Å². The number of nitrogens with one attached hydrogen (secondary N) is 3. The van der Waals surface area contributed by atoms with Crippen LogP contribution in [0.5, 0.6) is 0 Å². The third-order valence-electron chi connectivity index (χ3n) is 11.3. The summed E-state index contributed by atoms with van der Waals surface area (Å²) in [7, 11) is 0. The second kappa shape index (κ2) is 16.7. The van der Waals surface area contributed by atoms with E-state index in [0.29, 0.717) is 17.7 Å². The molecule has 2 fully saturated rings. The van der Waals surface area contributed by atoms with Crippen LogP contribution in [0.3, 0.4) is 0 Å². The molecular weight excluding hydrogens is 729 g/mol. The first-order chi connectivity index (χ1) is 27.8. The fourth-order valence-corrected chi connectivity index (χ4v) is 8.57. The van der Waals surface area contributed by atoms with Crippen molar-refractivity contribution in [1.29, 1.82) is 0 Å². The molecule has 14 nitrogen and oxygen atoms in total. The minimum Gasteiger partial charge on any atom is -0.394 e. The molecule has 0 radical (unpaired) electrons. The number of hydrogen-bond acceptors (Lipinski definition) is 11. The number of aromatic nitrogens is 1. The molecule has 5 amide bonds. The lowest BCUT2D eigenvalue weighted by Gasteiger charge is -2.39. The Kier molecular flexibility index (Phi) is 11.2. The van der Waals surface area contributed by atoms with Crippen molar-refractivity contribution in [3.8, 4) is 11.1 Å². The van der Waals surface area contributed by atoms with Crippen molar-refractivity contribution in [1.82, 2.24) is 20.1 Å². The van der Waals surface area contributed by atoms with E-state index in [4.69, 9.17) is 9.47 Å². The molecule has 0 aliphatic carbocycles. The predicted octanol–water partition coefficient (Wildman–Crippen LogP) is 3.71. The van der Waals surface area contributed by atoms with Gasteiger partial charge in [0.25, 0.3) is 11.8 Å². The normalized spacial score (nSPS) is 21.5. The molecule has 0 spiro atoms. The van der Waals surface area contributed by atoms with E-state index >= 15 is 0 Å². The second-order valence-electron chi connectivity index (χ2n) is 14.8. The van der Waals surface area contributed by atoms with Crippen LogP contribution in [0.2, 0.25) is 0 Å². The Morgan fingerprint density at radius 1 is 0.895 bits per heavy atom. The van der Waals surface area contributed by atoms with Crippen LogP contribution in [0.4, 0.5) is 11.4 Å². The van der Waals surface area contributed by atoms with Gasteiger partial charge in [0.15, 0.2) is 0 Å². The van der Waals surface area contributed by atoms with Crippen molar-refractivity contribution in [2.75, 3.05) is 50.2 Å². The van der Waals surface area contributed by atoms with Gasteiger partial charge in [-0.25, -0.2) is 0 Å². The van der Waals surface area contributed by atoms with Gasteiger partial charge in [0.2, 0.25) is 17.7 Å². The van der Waals surface area contributed by atoms with Crippen LogP contribution in [0.15, 0.2) is 85.2 Å². The van der Waals surface area contributed by atoms with E-state index in [-0.39, 0.29) is 80.9 Å². The predicted molar refractivity (Wildman–Crippen MR) is 209 cm³/mol. The SMILES string of the molecule is O=C1CCC(N2C(=O)c3cccc(CCOCCOCC(=O)Nc4cccc(-c5ccc6c(c5)[C@H]5[C@H](CCN5Cc5ccncc5)[C@@H](CO)N6)c4)c3C2=O)C(=O)N1. The van der Waals surface area contributed by atoms with Gasteiger partial charge in [-0.2, -0.15) is 0 Å². The number of likely N-dealkylation sites (tertiary alicyclic amines) is 1. The van der Waals surface area contributed by atoms with Gasteiger partial charge in [0.05, 0.1) is 43.6 Å². The van der Waals surface area contributed by atoms with Crippen molar-refractivity contribution in [3.63, 3.8) is 0 Å². The van der Waals surface area contributed by atoms with E-state index in [0.717, 1.165) is 41.2 Å². The Balaban J connectivity index is 0.819. The minimum atomic E-state index is -1.03. The maximum atomic E-state index is 13.3. The molecule has 8 rings (SSSR count). The summed E-state index contributed by atoms with van der Waals surface area (Å²) in [4.78, 5) is 70.8. The highest BCUT2D eigenvalue weighted by Crippen LogP contribution is 2.48. The molecule has 4 aliphatic rings. The number of piperidine rings is 1. The lowest BCUT2D eigenvalue weighted by Crippen LogP contribution is -2.54. The third-order valence-corrected chi connectivity index (χ3v) is 11.3. The van der Waals surface area contributed by atoms with Crippen LogP contribution in [0, 0.1) is 5.92 Å². The number of anilines is 2. The molecule has 4 N–H and O–H groups in total. The molecule has 3 aromatic carbocycles. The molecule has 14 heteroatoms. The first kappa shape index (κ1) is 38.1. The number of benzene rings is 3. The highest BCUT2D eigenvalue weighted by molar-refractivity contribution is 6.24. The van der Waals surface area contributed by atoms with E-state index in [2.05, 4.69) is 44.0 Å². The van der Waals surface area contributed by atoms with Crippen molar-refractivity contribution in [3.05, 3.63) is 113 Å². The number of imide groups is 2. The number of amides is 5. The zero-order valence-electron chi connectivity index (χ0n) is 31.3. The standard InChI is InChI=1S/C43H44N6O8/c50-24-35-31-13-17-48(23-26-11-15-44-16-12-26)40(31)33-22-29(7-8-34(33)46-35)28-4-1-5-30(21-28)45-38(52)25-57-20-19-56-18-14-27-3-2-6-32-39(27)43(55)49(42(32)54)36-9-10-37(51)47-41(36)53/h1-8,11-12,15-16,21-22,31,35-36,40,46,50H,9-10,13-14,17-20,23-25H2,(H,45,52)(H,47,51,53)/t31-,35-,36?,40-/m1/s1. The van der Waals surface area contributed by atoms with E-state index in [1.807, 2.05) is 48.8 Å². The van der Waals surface area contributed by atoms with E-state index in [1.165, 1.54) is 11.1 Å². The highest BCUT2D eigenvalue weighted by Gasteiger charge is 2.46. The number of aliphatic hydroxyl groups is 1. The number of aliphatic hydroxyl groups excluding tert-OH is 1. The summed E-state index contributed by atoms with van der Waals surface area (Å²) in [6.07, 6.45) is 5.12. The highest BCUT2D eigenvalue weighted by atomic mass is 16.5. The average molecular weight is 773 g/mol. The Hall–Kier alpha value is -5.80. The zero-order valence-corrected chi connectivity index (χ0v) is 31.3. The minimum absolute atomic E-state index is 0.0140. The lowest BCUT2D eigenvalue weighted by molar-refractivity contribution is -0.136. The molecule has 2 saturated heterocycles. The number of pyridine rings is 1. The molecule has 1 unspecified atom stereocenters. The summed E-state index contributed by atoms with van der Waals surface area (Å²) < 4.78 is 11.3. The molecule has 57 heavy (non-hydrogen) atoms. The smallest absolute Gasteiger partial charge is 0.262 e. The molecule has 4 atom stereocenters.